The minimum atomic E-state index is -0.803. The number of benzene rings is 4. The van der Waals surface area contributed by atoms with Crippen LogP contribution in [0.15, 0.2) is 97.3 Å². The van der Waals surface area contributed by atoms with Crippen LogP contribution in [0.3, 0.4) is 0 Å². The fourth-order valence-electron chi connectivity index (χ4n) is 8.76. The first-order valence-electron chi connectivity index (χ1n) is 24.5. The zero-order valence-electron chi connectivity index (χ0n) is 41.3. The van der Waals surface area contributed by atoms with E-state index in [1.54, 1.807) is 22.2 Å². The van der Waals surface area contributed by atoms with Gasteiger partial charge in [-0.05, 0) is 61.1 Å². The Morgan fingerprint density at radius 1 is 0.600 bits per heavy atom. The van der Waals surface area contributed by atoms with E-state index in [0.717, 1.165) is 80.2 Å². The molecular weight excluding hydrogens is 881 g/mol. The van der Waals surface area contributed by atoms with Gasteiger partial charge in [-0.3, -0.25) is 19.2 Å². The Balaban J connectivity index is 0.00000196. The Bertz CT molecular complexity index is 2490. The molecule has 4 N–H and O–H groups in total. The largest absolute Gasteiger partial charge is 0.488 e. The molecule has 0 saturated heterocycles. The number of nitrogens with one attached hydrogen (secondary N) is 4. The number of H-pyrrole nitrogens is 2. The van der Waals surface area contributed by atoms with Crippen LogP contribution in [0, 0.1) is 12.8 Å². The number of terminal acetylenes is 1. The molecule has 2 aliphatic heterocycles. The number of carbonyl (C=O) groups excluding carboxylic acids is 4. The lowest BCUT2D eigenvalue weighted by atomic mass is 9.87. The smallest absolute Gasteiger partial charge is 0.250 e. The van der Waals surface area contributed by atoms with Crippen molar-refractivity contribution in [1.82, 2.24) is 40.4 Å². The number of imidazole rings is 2. The summed E-state index contributed by atoms with van der Waals surface area (Å²) in [7, 11) is 0. The summed E-state index contributed by atoms with van der Waals surface area (Å²) in [6.45, 7) is 14.1. The van der Waals surface area contributed by atoms with Crippen molar-refractivity contribution in [2.45, 2.75) is 118 Å². The molecule has 0 saturated carbocycles. The van der Waals surface area contributed by atoms with Crippen molar-refractivity contribution < 1.29 is 28.7 Å². The fraction of sp³-hybridized carbons (Fsp3) is 0.357. The van der Waals surface area contributed by atoms with Crippen molar-refractivity contribution in [3.63, 3.8) is 0 Å². The van der Waals surface area contributed by atoms with E-state index in [1.807, 2.05) is 114 Å². The molecule has 14 heteroatoms. The topological polar surface area (TPSA) is 175 Å². The number of nitrogens with zero attached hydrogens (tertiary/aromatic N) is 4. The number of aromatic amines is 2. The fourth-order valence-corrected chi connectivity index (χ4v) is 8.76. The van der Waals surface area contributed by atoms with E-state index < -0.39 is 12.1 Å². The van der Waals surface area contributed by atoms with Crippen molar-refractivity contribution in [3.05, 3.63) is 131 Å². The van der Waals surface area contributed by atoms with E-state index in [9.17, 15) is 19.2 Å². The summed E-state index contributed by atoms with van der Waals surface area (Å²) >= 11 is 0. The van der Waals surface area contributed by atoms with Gasteiger partial charge in [0, 0.05) is 59.3 Å². The van der Waals surface area contributed by atoms with Crippen LogP contribution < -0.4 is 20.1 Å². The Labute approximate surface area is 412 Å². The molecule has 6 aromatic rings. The van der Waals surface area contributed by atoms with Gasteiger partial charge < -0.3 is 39.9 Å². The summed E-state index contributed by atoms with van der Waals surface area (Å²) in [4.78, 5) is 73.5. The maximum Gasteiger partial charge on any atom is 0.250 e. The van der Waals surface area contributed by atoms with Crippen LogP contribution >= 0.6 is 0 Å². The van der Waals surface area contributed by atoms with Crippen molar-refractivity contribution in [2.24, 2.45) is 0 Å². The molecule has 0 bridgehead atoms. The zero-order chi connectivity index (χ0) is 50.2. The van der Waals surface area contributed by atoms with E-state index in [1.165, 1.54) is 0 Å². The maximum absolute atomic E-state index is 14.1. The predicted molar refractivity (Wildman–Crippen MR) is 273 cm³/mol. The molecule has 0 unspecified atom stereocenters. The summed E-state index contributed by atoms with van der Waals surface area (Å²) < 4.78 is 12.9. The number of rotatable bonds is 20. The van der Waals surface area contributed by atoms with Gasteiger partial charge in [0.1, 0.15) is 48.4 Å². The molecule has 2 aliphatic rings. The zero-order valence-corrected chi connectivity index (χ0v) is 41.3. The highest BCUT2D eigenvalue weighted by molar-refractivity contribution is 5.91. The first kappa shape index (κ1) is 51.7. The van der Waals surface area contributed by atoms with Crippen LogP contribution in [0.5, 0.6) is 11.5 Å². The summed E-state index contributed by atoms with van der Waals surface area (Å²) in [6, 6.07) is 25.3. The van der Waals surface area contributed by atoms with Crippen molar-refractivity contribution in [1.29, 1.82) is 0 Å². The van der Waals surface area contributed by atoms with Crippen LogP contribution in [-0.2, 0) is 45.5 Å². The molecule has 0 radical (unpaired) electrons. The number of hydrogen-bond acceptors (Lipinski definition) is 8. The Hall–Kier alpha value is -7.66. The monoisotopic (exact) mass is 947 g/mol. The molecule has 0 fully saturated rings. The highest BCUT2D eigenvalue weighted by Gasteiger charge is 2.32. The quantitative estimate of drug-likeness (QED) is 0.0547. The lowest BCUT2D eigenvalue weighted by Crippen LogP contribution is -2.43. The van der Waals surface area contributed by atoms with Gasteiger partial charge in [-0.25, -0.2) is 9.97 Å². The van der Waals surface area contributed by atoms with Crippen LogP contribution in [0.2, 0.25) is 0 Å². The predicted octanol–water partition coefficient (Wildman–Crippen LogP) is 9.99. The van der Waals surface area contributed by atoms with Gasteiger partial charge in [0.2, 0.25) is 23.6 Å². The maximum atomic E-state index is 14.1. The SMILES string of the molecule is C#C.CC.CCCC(=O)N[C@@H](C(=O)N(CCC)Cc1ncc(-c2cc3c4c(c2)OCc2cc(-c5cnc(CN(CCC)C(=O)[C@H](NC(=O)CCC)c6ccccc6)[nH]5)cc(c2-4)OC3)[nH]1)c1ccccc1. The second-order valence-corrected chi connectivity index (χ2v) is 16.9. The van der Waals surface area contributed by atoms with E-state index in [0.29, 0.717) is 63.6 Å². The lowest BCUT2D eigenvalue weighted by Gasteiger charge is -2.30. The van der Waals surface area contributed by atoms with Gasteiger partial charge in [0.05, 0.1) is 36.9 Å². The molecule has 366 valence electrons. The number of hydrogen-bond donors (Lipinski definition) is 4. The molecule has 8 rings (SSSR count). The van der Waals surface area contributed by atoms with Crippen LogP contribution in [-0.4, -0.2) is 66.5 Å². The lowest BCUT2D eigenvalue weighted by molar-refractivity contribution is -0.137. The minimum Gasteiger partial charge on any atom is -0.488 e. The minimum absolute atomic E-state index is 0.161. The normalized spacial score (nSPS) is 12.5. The molecular formula is C56H66N8O6. The van der Waals surface area contributed by atoms with E-state index in [-0.39, 0.29) is 36.7 Å². The third kappa shape index (κ3) is 12.1. The second-order valence-electron chi connectivity index (χ2n) is 16.9. The molecule has 70 heavy (non-hydrogen) atoms. The van der Waals surface area contributed by atoms with Crippen LogP contribution in [0.4, 0.5) is 0 Å². The van der Waals surface area contributed by atoms with Crippen molar-refractivity contribution in [3.8, 4) is 58.0 Å². The summed E-state index contributed by atoms with van der Waals surface area (Å²) in [5.74, 6) is 2.06. The van der Waals surface area contributed by atoms with E-state index in [4.69, 9.17) is 19.4 Å². The standard InChI is InChI=1S/C52H58N8O6.C2H6.C2H2/c1-5-15-45(61)57-49(33-17-11-9-12-18-33)51(63)59(21-7-3)29-43-53-27-39(55-43)35-23-37-31-66-42-26-36(24-38-32-65-41(25-35)47(37)48(38)42)40-28-54-44(56-40)30-60(22-8-4)52(64)50(58-46(62)16-6-2)34-19-13-10-14-20-34;2*1-2/h9-14,17-20,23-28,49-50H,5-8,15-16,21-22,29-32H2,1-4H3,(H,53,55)(H,54,56)(H,57,61)(H,58,62);1-2H3;1-2H/t49-,50-;;/m1../s1. The number of aromatic nitrogens is 4. The molecule has 14 nitrogen and oxygen atoms in total. The Morgan fingerprint density at radius 2 is 0.986 bits per heavy atom. The van der Waals surface area contributed by atoms with Gasteiger partial charge in [0.25, 0.3) is 0 Å². The Morgan fingerprint density at radius 3 is 1.34 bits per heavy atom. The van der Waals surface area contributed by atoms with Crippen molar-refractivity contribution in [2.75, 3.05) is 13.1 Å². The highest BCUT2D eigenvalue weighted by atomic mass is 16.5. The molecule has 2 atom stereocenters. The average Bonchev–Trinajstić information content (AvgIpc) is 4.08. The first-order chi connectivity index (χ1) is 34.2. The van der Waals surface area contributed by atoms with E-state index in [2.05, 4.69) is 45.6 Å². The number of carbonyl (C=O) groups is 4. The molecule has 2 aromatic heterocycles. The van der Waals surface area contributed by atoms with Crippen molar-refractivity contribution >= 4 is 23.6 Å². The van der Waals surface area contributed by atoms with Crippen LogP contribution in [0.1, 0.15) is 126 Å². The summed E-state index contributed by atoms with van der Waals surface area (Å²) in [5.41, 5.74) is 8.78. The van der Waals surface area contributed by atoms with Gasteiger partial charge >= 0.3 is 0 Å². The van der Waals surface area contributed by atoms with Crippen LogP contribution in [0.25, 0.3) is 33.6 Å². The molecule has 4 heterocycles. The average molecular weight is 947 g/mol. The first-order valence-corrected chi connectivity index (χ1v) is 24.5. The third-order valence-electron chi connectivity index (χ3n) is 11.9. The molecule has 4 amide bonds. The Kier molecular flexibility index (Phi) is 18.5. The summed E-state index contributed by atoms with van der Waals surface area (Å²) in [5, 5.41) is 5.94. The number of amides is 4. The van der Waals surface area contributed by atoms with Gasteiger partial charge in [-0.2, -0.15) is 0 Å². The molecule has 0 aliphatic carbocycles. The molecule has 4 aromatic carbocycles. The van der Waals surface area contributed by atoms with Gasteiger partial charge in [0.15, 0.2) is 0 Å². The highest BCUT2D eigenvalue weighted by Crippen LogP contribution is 2.50. The van der Waals surface area contributed by atoms with E-state index >= 15 is 0 Å². The van der Waals surface area contributed by atoms with Gasteiger partial charge in [-0.15, -0.1) is 12.8 Å². The second kappa shape index (κ2) is 25.1. The third-order valence-corrected chi connectivity index (χ3v) is 11.9. The number of ether oxygens (including phenoxy) is 2. The molecule has 0 spiro atoms. The van der Waals surface area contributed by atoms with Gasteiger partial charge in [-0.1, -0.05) is 102 Å². The summed E-state index contributed by atoms with van der Waals surface area (Å²) in [6.07, 6.45) is 15.1.